The fourth-order valence-corrected chi connectivity index (χ4v) is 3.11. The number of hydrogen-bond acceptors (Lipinski definition) is 2. The van der Waals surface area contributed by atoms with Crippen molar-refractivity contribution in [2.75, 3.05) is 36.4 Å². The van der Waals surface area contributed by atoms with Gasteiger partial charge in [-0.05, 0) is 55.5 Å². The smallest absolute Gasteiger partial charge is 0.282 e. The summed E-state index contributed by atoms with van der Waals surface area (Å²) in [6, 6.07) is 12.1. The molecule has 1 atom stereocenters. The monoisotopic (exact) mass is 346 g/mol. The maximum absolute atomic E-state index is 13.0. The van der Waals surface area contributed by atoms with Crippen LogP contribution in [0.25, 0.3) is 0 Å². The van der Waals surface area contributed by atoms with Crippen LogP contribution in [0.1, 0.15) is 6.92 Å². The molecule has 0 unspecified atom stereocenters. The number of benzene rings is 2. The van der Waals surface area contributed by atoms with Crippen LogP contribution in [0.2, 0.25) is 0 Å². The molecule has 132 valence electrons. The molecule has 2 aromatic rings. The Morgan fingerprint density at radius 3 is 2.08 bits per heavy atom. The van der Waals surface area contributed by atoms with Gasteiger partial charge in [0.25, 0.3) is 5.91 Å². The highest BCUT2D eigenvalue weighted by Gasteiger charge is 2.29. The highest BCUT2D eigenvalue weighted by Crippen LogP contribution is 2.14. The molecule has 1 aliphatic rings. The molecule has 1 amide bonds. The number of carbonyl (C=O) groups excluding carboxylic acids is 1. The lowest BCUT2D eigenvalue weighted by molar-refractivity contribution is -0.914. The van der Waals surface area contributed by atoms with Crippen LogP contribution in [0.4, 0.5) is 20.2 Å². The van der Waals surface area contributed by atoms with E-state index in [4.69, 9.17) is 0 Å². The molecular weight excluding hydrogens is 324 g/mol. The molecule has 4 nitrogen and oxygen atoms in total. The molecule has 0 aliphatic carbocycles. The van der Waals surface area contributed by atoms with Gasteiger partial charge in [0.2, 0.25) is 0 Å². The van der Waals surface area contributed by atoms with Gasteiger partial charge in [-0.15, -0.1) is 0 Å². The Kier molecular flexibility index (Phi) is 5.28. The maximum atomic E-state index is 13.0. The zero-order valence-corrected chi connectivity index (χ0v) is 14.1. The summed E-state index contributed by atoms with van der Waals surface area (Å²) in [5.74, 6) is -0.635. The number of anilines is 2. The van der Waals surface area contributed by atoms with Gasteiger partial charge in [0.15, 0.2) is 6.04 Å². The summed E-state index contributed by atoms with van der Waals surface area (Å²) >= 11 is 0. The van der Waals surface area contributed by atoms with E-state index in [1.807, 2.05) is 6.92 Å². The second-order valence-electron chi connectivity index (χ2n) is 6.34. The second-order valence-corrected chi connectivity index (χ2v) is 6.34. The van der Waals surface area contributed by atoms with Gasteiger partial charge >= 0.3 is 0 Å². The molecule has 0 spiro atoms. The van der Waals surface area contributed by atoms with Gasteiger partial charge in [0.05, 0.1) is 26.2 Å². The lowest BCUT2D eigenvalue weighted by Crippen LogP contribution is -3.19. The summed E-state index contributed by atoms with van der Waals surface area (Å²) in [6.45, 7) is 5.19. The molecule has 0 saturated carbocycles. The third kappa shape index (κ3) is 4.33. The van der Waals surface area contributed by atoms with Crippen LogP contribution < -0.4 is 15.1 Å². The lowest BCUT2D eigenvalue weighted by atomic mass is 10.2. The predicted octanol–water partition coefficient (Wildman–Crippen LogP) is 1.70. The molecule has 2 N–H and O–H groups in total. The molecule has 0 aromatic heterocycles. The van der Waals surface area contributed by atoms with Gasteiger partial charge in [-0.2, -0.15) is 0 Å². The van der Waals surface area contributed by atoms with Gasteiger partial charge in [-0.1, -0.05) is 0 Å². The van der Waals surface area contributed by atoms with E-state index in [1.165, 1.54) is 29.2 Å². The number of carbonyl (C=O) groups is 1. The Bertz CT molecular complexity index is 710. The van der Waals surface area contributed by atoms with Crippen LogP contribution in [0.3, 0.4) is 0 Å². The maximum Gasteiger partial charge on any atom is 0.282 e. The minimum atomic E-state index is -0.325. The SMILES string of the molecule is C[C@@H](C(=O)Nc1ccc(F)cc1)[NH+]1CCN(c2ccc(F)cc2)CC1. The zero-order chi connectivity index (χ0) is 17.8. The second kappa shape index (κ2) is 7.61. The van der Waals surface area contributed by atoms with Gasteiger partial charge in [0, 0.05) is 11.4 Å². The summed E-state index contributed by atoms with van der Waals surface area (Å²) in [6.07, 6.45) is 0. The summed E-state index contributed by atoms with van der Waals surface area (Å²) in [5.41, 5.74) is 1.60. The topological polar surface area (TPSA) is 36.8 Å². The Morgan fingerprint density at radius 2 is 1.52 bits per heavy atom. The van der Waals surface area contributed by atoms with Crippen LogP contribution in [-0.4, -0.2) is 38.1 Å². The van der Waals surface area contributed by atoms with E-state index < -0.39 is 0 Å². The Hall–Kier alpha value is -2.47. The number of amides is 1. The van der Waals surface area contributed by atoms with E-state index in [0.29, 0.717) is 5.69 Å². The number of hydrogen-bond donors (Lipinski definition) is 2. The van der Waals surface area contributed by atoms with Crippen molar-refractivity contribution in [1.82, 2.24) is 0 Å². The van der Waals surface area contributed by atoms with Crippen LogP contribution >= 0.6 is 0 Å². The van der Waals surface area contributed by atoms with E-state index >= 15 is 0 Å². The summed E-state index contributed by atoms with van der Waals surface area (Å²) in [5, 5.41) is 2.83. The van der Waals surface area contributed by atoms with E-state index in [2.05, 4.69) is 10.2 Å². The van der Waals surface area contributed by atoms with Crippen LogP contribution in [-0.2, 0) is 4.79 Å². The molecular formula is C19H22F2N3O+. The van der Waals surface area contributed by atoms with Crippen molar-refractivity contribution in [3.63, 3.8) is 0 Å². The van der Waals surface area contributed by atoms with E-state index in [1.54, 1.807) is 24.3 Å². The molecule has 1 heterocycles. The summed E-state index contributed by atoms with van der Waals surface area (Å²) in [7, 11) is 0. The third-order valence-electron chi connectivity index (χ3n) is 4.71. The highest BCUT2D eigenvalue weighted by atomic mass is 19.1. The molecule has 0 radical (unpaired) electrons. The number of piperazine rings is 1. The number of nitrogens with zero attached hydrogens (tertiary/aromatic N) is 1. The predicted molar refractivity (Wildman–Crippen MR) is 93.8 cm³/mol. The van der Waals surface area contributed by atoms with E-state index in [9.17, 15) is 13.6 Å². The Morgan fingerprint density at radius 1 is 1.00 bits per heavy atom. The molecule has 1 aliphatic heterocycles. The Labute approximate surface area is 146 Å². The minimum absolute atomic E-state index is 0.0724. The van der Waals surface area contributed by atoms with Gasteiger partial charge in [-0.3, -0.25) is 4.79 Å². The molecule has 1 fully saturated rings. The standard InChI is InChI=1S/C19H21F2N3O/c1-14(19(25)22-17-6-2-15(20)3-7-17)23-10-12-24(13-11-23)18-8-4-16(21)5-9-18/h2-9,14H,10-13H2,1H3,(H,22,25)/p+1/t14-/m0/s1. The molecule has 1 saturated heterocycles. The fourth-order valence-electron chi connectivity index (χ4n) is 3.11. The molecule has 3 rings (SSSR count). The average Bonchev–Trinajstić information content (AvgIpc) is 2.64. The van der Waals surface area contributed by atoms with Gasteiger partial charge in [-0.25, -0.2) is 8.78 Å². The van der Waals surface area contributed by atoms with E-state index in [0.717, 1.165) is 31.9 Å². The van der Waals surface area contributed by atoms with Crippen LogP contribution in [0.15, 0.2) is 48.5 Å². The van der Waals surface area contributed by atoms with Crippen molar-refractivity contribution in [2.45, 2.75) is 13.0 Å². The number of halogens is 2. The van der Waals surface area contributed by atoms with E-state index in [-0.39, 0.29) is 23.6 Å². The number of rotatable bonds is 4. The average molecular weight is 346 g/mol. The van der Waals surface area contributed by atoms with Crippen molar-refractivity contribution < 1.29 is 18.5 Å². The molecule has 0 bridgehead atoms. The lowest BCUT2D eigenvalue weighted by Gasteiger charge is -2.36. The number of quaternary nitrogens is 1. The van der Waals surface area contributed by atoms with Crippen molar-refractivity contribution in [1.29, 1.82) is 0 Å². The first kappa shape index (κ1) is 17.4. The first-order valence-corrected chi connectivity index (χ1v) is 8.44. The van der Waals surface area contributed by atoms with Crippen LogP contribution in [0, 0.1) is 11.6 Å². The Balaban J connectivity index is 1.53. The third-order valence-corrected chi connectivity index (χ3v) is 4.71. The van der Waals surface area contributed by atoms with Crippen molar-refractivity contribution in [3.8, 4) is 0 Å². The zero-order valence-electron chi connectivity index (χ0n) is 14.1. The molecule has 25 heavy (non-hydrogen) atoms. The van der Waals surface area contributed by atoms with Gasteiger partial charge in [0.1, 0.15) is 11.6 Å². The summed E-state index contributed by atoms with van der Waals surface area (Å²) < 4.78 is 26.0. The van der Waals surface area contributed by atoms with Crippen molar-refractivity contribution in [2.24, 2.45) is 0 Å². The number of nitrogens with one attached hydrogen (secondary N) is 2. The summed E-state index contributed by atoms with van der Waals surface area (Å²) in [4.78, 5) is 15.8. The largest absolute Gasteiger partial charge is 0.360 e. The van der Waals surface area contributed by atoms with Crippen molar-refractivity contribution in [3.05, 3.63) is 60.2 Å². The van der Waals surface area contributed by atoms with Crippen molar-refractivity contribution >= 4 is 17.3 Å². The van der Waals surface area contributed by atoms with Gasteiger partial charge < -0.3 is 15.1 Å². The fraction of sp³-hybridized carbons (Fsp3) is 0.316. The first-order chi connectivity index (χ1) is 12.0. The first-order valence-electron chi connectivity index (χ1n) is 8.44. The normalized spacial score (nSPS) is 16.5. The molecule has 6 heteroatoms. The molecule has 2 aromatic carbocycles. The van der Waals surface area contributed by atoms with Crippen LogP contribution in [0.5, 0.6) is 0 Å². The quantitative estimate of drug-likeness (QED) is 0.884. The highest BCUT2D eigenvalue weighted by molar-refractivity contribution is 5.93. The minimum Gasteiger partial charge on any atom is -0.360 e.